The summed E-state index contributed by atoms with van der Waals surface area (Å²) in [7, 11) is 1.90. The van der Waals surface area contributed by atoms with Gasteiger partial charge in [0.2, 0.25) is 0 Å². The summed E-state index contributed by atoms with van der Waals surface area (Å²) in [6, 6.07) is 5.92. The molecule has 1 saturated carbocycles. The standard InChI is InChI=1S/C15H19N5/c1-10-13(16-2)19-15(11-6-7-11)20-14(10)18-9-12-5-3-4-8-17-12/h3-5,8,11H,6-7,9H2,1-2H3,(H2,16,18,19,20). The summed E-state index contributed by atoms with van der Waals surface area (Å²) in [5.41, 5.74) is 2.05. The van der Waals surface area contributed by atoms with E-state index in [1.165, 1.54) is 12.8 Å². The molecule has 1 aliphatic rings. The van der Waals surface area contributed by atoms with E-state index in [-0.39, 0.29) is 0 Å². The molecule has 104 valence electrons. The molecule has 0 bridgehead atoms. The molecule has 2 heterocycles. The van der Waals surface area contributed by atoms with Gasteiger partial charge in [-0.05, 0) is 31.9 Å². The molecule has 0 atom stereocenters. The van der Waals surface area contributed by atoms with E-state index >= 15 is 0 Å². The van der Waals surface area contributed by atoms with Crippen LogP contribution in [0.2, 0.25) is 0 Å². The fraction of sp³-hybridized carbons (Fsp3) is 0.400. The molecular formula is C15H19N5. The third-order valence-electron chi connectivity index (χ3n) is 3.51. The summed E-state index contributed by atoms with van der Waals surface area (Å²) in [4.78, 5) is 13.6. The van der Waals surface area contributed by atoms with Crippen LogP contribution < -0.4 is 10.6 Å². The Kier molecular flexibility index (Phi) is 3.50. The zero-order chi connectivity index (χ0) is 13.9. The molecule has 0 spiro atoms. The monoisotopic (exact) mass is 269 g/mol. The minimum atomic E-state index is 0.540. The van der Waals surface area contributed by atoms with Gasteiger partial charge in [-0.3, -0.25) is 4.98 Å². The van der Waals surface area contributed by atoms with E-state index in [1.54, 1.807) is 6.20 Å². The topological polar surface area (TPSA) is 62.7 Å². The number of nitrogens with zero attached hydrogens (tertiary/aromatic N) is 3. The maximum absolute atomic E-state index is 4.67. The van der Waals surface area contributed by atoms with Crippen molar-refractivity contribution in [3.05, 3.63) is 41.5 Å². The van der Waals surface area contributed by atoms with Gasteiger partial charge in [0.15, 0.2) is 0 Å². The lowest BCUT2D eigenvalue weighted by atomic mass is 10.2. The normalized spacial score (nSPS) is 14.1. The first-order valence-corrected chi connectivity index (χ1v) is 6.98. The number of rotatable bonds is 5. The largest absolute Gasteiger partial charge is 0.373 e. The number of hydrogen-bond donors (Lipinski definition) is 2. The zero-order valence-electron chi connectivity index (χ0n) is 11.8. The highest BCUT2D eigenvalue weighted by Gasteiger charge is 2.28. The van der Waals surface area contributed by atoms with Gasteiger partial charge in [-0.15, -0.1) is 0 Å². The molecule has 0 unspecified atom stereocenters. The van der Waals surface area contributed by atoms with Gasteiger partial charge in [-0.1, -0.05) is 6.07 Å². The molecule has 1 aliphatic carbocycles. The SMILES string of the molecule is CNc1nc(C2CC2)nc(NCc2ccccn2)c1C. The molecule has 2 N–H and O–H groups in total. The highest BCUT2D eigenvalue weighted by molar-refractivity contribution is 5.57. The van der Waals surface area contributed by atoms with Crippen LogP contribution in [0.1, 0.15) is 35.8 Å². The van der Waals surface area contributed by atoms with Crippen molar-refractivity contribution < 1.29 is 0 Å². The Morgan fingerprint density at radius 1 is 1.20 bits per heavy atom. The average molecular weight is 269 g/mol. The quantitative estimate of drug-likeness (QED) is 0.874. The number of aromatic nitrogens is 3. The van der Waals surface area contributed by atoms with Crippen molar-refractivity contribution >= 4 is 11.6 Å². The maximum Gasteiger partial charge on any atom is 0.136 e. The fourth-order valence-electron chi connectivity index (χ4n) is 2.15. The molecule has 2 aromatic heterocycles. The molecule has 5 nitrogen and oxygen atoms in total. The van der Waals surface area contributed by atoms with Gasteiger partial charge in [0.05, 0.1) is 12.2 Å². The third-order valence-corrected chi connectivity index (χ3v) is 3.51. The van der Waals surface area contributed by atoms with Crippen LogP contribution in [-0.4, -0.2) is 22.0 Å². The van der Waals surface area contributed by atoms with Crippen molar-refractivity contribution in [2.75, 3.05) is 17.7 Å². The van der Waals surface area contributed by atoms with E-state index in [4.69, 9.17) is 0 Å². The lowest BCUT2D eigenvalue weighted by Gasteiger charge is -2.13. The second-order valence-electron chi connectivity index (χ2n) is 5.10. The van der Waals surface area contributed by atoms with Gasteiger partial charge < -0.3 is 10.6 Å². The molecule has 0 aromatic carbocycles. The van der Waals surface area contributed by atoms with Crippen LogP contribution >= 0.6 is 0 Å². The minimum Gasteiger partial charge on any atom is -0.373 e. The van der Waals surface area contributed by atoms with Crippen LogP contribution in [0.4, 0.5) is 11.6 Å². The van der Waals surface area contributed by atoms with Crippen LogP contribution in [-0.2, 0) is 6.54 Å². The summed E-state index contributed by atoms with van der Waals surface area (Å²) in [5, 5.41) is 6.52. The Morgan fingerprint density at radius 3 is 2.65 bits per heavy atom. The predicted octanol–water partition coefficient (Wildman–Crippen LogP) is 2.71. The molecule has 2 aromatic rings. The smallest absolute Gasteiger partial charge is 0.136 e. The summed E-state index contributed by atoms with van der Waals surface area (Å²) in [6.45, 7) is 2.70. The first-order valence-electron chi connectivity index (χ1n) is 6.98. The summed E-state index contributed by atoms with van der Waals surface area (Å²) >= 11 is 0. The van der Waals surface area contributed by atoms with Crippen molar-refractivity contribution in [3.63, 3.8) is 0 Å². The predicted molar refractivity (Wildman–Crippen MR) is 79.9 cm³/mol. The van der Waals surface area contributed by atoms with Gasteiger partial charge in [0, 0.05) is 24.7 Å². The molecular weight excluding hydrogens is 250 g/mol. The molecule has 0 amide bonds. The number of pyridine rings is 1. The first kappa shape index (κ1) is 12.8. The number of hydrogen-bond acceptors (Lipinski definition) is 5. The number of nitrogens with one attached hydrogen (secondary N) is 2. The highest BCUT2D eigenvalue weighted by atomic mass is 15.1. The summed E-state index contributed by atoms with van der Waals surface area (Å²) < 4.78 is 0. The van der Waals surface area contributed by atoms with Gasteiger partial charge in [-0.2, -0.15) is 0 Å². The Hall–Kier alpha value is -2.17. The highest BCUT2D eigenvalue weighted by Crippen LogP contribution is 2.39. The van der Waals surface area contributed by atoms with Crippen molar-refractivity contribution in [2.24, 2.45) is 0 Å². The molecule has 1 fully saturated rings. The average Bonchev–Trinajstić information content (AvgIpc) is 3.32. The first-order chi connectivity index (χ1) is 9.78. The number of anilines is 2. The van der Waals surface area contributed by atoms with Gasteiger partial charge >= 0.3 is 0 Å². The van der Waals surface area contributed by atoms with Crippen LogP contribution in [0.5, 0.6) is 0 Å². The van der Waals surface area contributed by atoms with E-state index in [9.17, 15) is 0 Å². The molecule has 0 radical (unpaired) electrons. The zero-order valence-corrected chi connectivity index (χ0v) is 11.8. The Labute approximate surface area is 118 Å². The minimum absolute atomic E-state index is 0.540. The van der Waals surface area contributed by atoms with E-state index in [1.807, 2.05) is 32.2 Å². The van der Waals surface area contributed by atoms with E-state index in [2.05, 4.69) is 25.6 Å². The fourth-order valence-corrected chi connectivity index (χ4v) is 2.15. The van der Waals surface area contributed by atoms with E-state index in [0.717, 1.165) is 28.7 Å². The van der Waals surface area contributed by atoms with Crippen LogP contribution in [0, 0.1) is 6.92 Å². The molecule has 20 heavy (non-hydrogen) atoms. The summed E-state index contributed by atoms with van der Waals surface area (Å²) in [5.74, 6) is 3.30. The van der Waals surface area contributed by atoms with E-state index < -0.39 is 0 Å². The third kappa shape index (κ3) is 2.71. The van der Waals surface area contributed by atoms with Crippen molar-refractivity contribution in [3.8, 4) is 0 Å². The molecule has 3 rings (SSSR count). The van der Waals surface area contributed by atoms with Gasteiger partial charge in [-0.25, -0.2) is 9.97 Å². The lowest BCUT2D eigenvalue weighted by molar-refractivity contribution is 0.909. The van der Waals surface area contributed by atoms with Gasteiger partial charge in [0.1, 0.15) is 17.5 Å². The van der Waals surface area contributed by atoms with E-state index in [0.29, 0.717) is 12.5 Å². The van der Waals surface area contributed by atoms with Gasteiger partial charge in [0.25, 0.3) is 0 Å². The Balaban J connectivity index is 1.82. The molecule has 5 heteroatoms. The second kappa shape index (κ2) is 5.45. The summed E-state index contributed by atoms with van der Waals surface area (Å²) in [6.07, 6.45) is 4.20. The van der Waals surface area contributed by atoms with Crippen molar-refractivity contribution in [1.29, 1.82) is 0 Å². The van der Waals surface area contributed by atoms with Crippen molar-refractivity contribution in [1.82, 2.24) is 15.0 Å². The van der Waals surface area contributed by atoms with Crippen LogP contribution in [0.15, 0.2) is 24.4 Å². The molecule has 0 aliphatic heterocycles. The Morgan fingerprint density at radius 2 is 2.00 bits per heavy atom. The van der Waals surface area contributed by atoms with Crippen LogP contribution in [0.25, 0.3) is 0 Å². The Bertz CT molecular complexity index is 593. The molecule has 0 saturated heterocycles. The lowest BCUT2D eigenvalue weighted by Crippen LogP contribution is -2.10. The maximum atomic E-state index is 4.67. The van der Waals surface area contributed by atoms with Crippen LogP contribution in [0.3, 0.4) is 0 Å². The second-order valence-corrected chi connectivity index (χ2v) is 5.10. The van der Waals surface area contributed by atoms with Crippen molar-refractivity contribution in [2.45, 2.75) is 32.2 Å².